The number of hydrogen-bond acceptors (Lipinski definition) is 4. The van der Waals surface area contributed by atoms with Crippen LogP contribution in [0.4, 0.5) is 0 Å². The molecular weight excluding hydrogens is 410 g/mol. The fourth-order valence-electron chi connectivity index (χ4n) is 3.44. The molecule has 0 aromatic heterocycles. The Balaban J connectivity index is 1.85. The van der Waals surface area contributed by atoms with Crippen LogP contribution in [0.5, 0.6) is 5.75 Å². The molecule has 2 aromatic rings. The topological polar surface area (TPSA) is 63.7 Å². The summed E-state index contributed by atoms with van der Waals surface area (Å²) in [5.41, 5.74) is 1.36. The van der Waals surface area contributed by atoms with Crippen molar-refractivity contribution in [2.75, 3.05) is 18.1 Å². The van der Waals surface area contributed by atoms with E-state index in [-0.39, 0.29) is 23.5 Å². The van der Waals surface area contributed by atoms with Gasteiger partial charge in [-0.05, 0) is 48.7 Å². The first-order chi connectivity index (χ1) is 13.9. The molecule has 156 valence electrons. The Labute approximate surface area is 177 Å². The maximum Gasteiger partial charge on any atom is 0.254 e. The predicted octanol–water partition coefficient (Wildman–Crippen LogP) is 4.35. The molecule has 1 heterocycles. The first-order valence-electron chi connectivity index (χ1n) is 9.86. The van der Waals surface area contributed by atoms with Crippen LogP contribution in [0.2, 0.25) is 5.02 Å². The SMILES string of the molecule is CCCCOc1cccc(C(=O)N(Cc2cccc(Cl)c2)C2CCS(=O)(=O)C2)c1. The van der Waals surface area contributed by atoms with Crippen LogP contribution in [-0.4, -0.2) is 43.4 Å². The van der Waals surface area contributed by atoms with Crippen LogP contribution in [0, 0.1) is 0 Å². The summed E-state index contributed by atoms with van der Waals surface area (Å²) in [5.74, 6) is 0.544. The molecule has 1 amide bonds. The van der Waals surface area contributed by atoms with Crippen LogP contribution < -0.4 is 4.74 Å². The number of rotatable bonds is 8. The van der Waals surface area contributed by atoms with Crippen molar-refractivity contribution >= 4 is 27.3 Å². The van der Waals surface area contributed by atoms with Gasteiger partial charge in [0.15, 0.2) is 9.84 Å². The van der Waals surface area contributed by atoms with Gasteiger partial charge in [-0.1, -0.05) is 43.1 Å². The molecule has 1 saturated heterocycles. The molecule has 29 heavy (non-hydrogen) atoms. The van der Waals surface area contributed by atoms with Crippen LogP contribution in [0.1, 0.15) is 42.1 Å². The smallest absolute Gasteiger partial charge is 0.254 e. The van der Waals surface area contributed by atoms with Gasteiger partial charge < -0.3 is 9.64 Å². The molecule has 0 spiro atoms. The molecule has 0 N–H and O–H groups in total. The van der Waals surface area contributed by atoms with Crippen molar-refractivity contribution in [1.82, 2.24) is 4.90 Å². The molecule has 1 aliphatic heterocycles. The lowest BCUT2D eigenvalue weighted by Gasteiger charge is -2.29. The van der Waals surface area contributed by atoms with E-state index in [0.717, 1.165) is 18.4 Å². The number of halogens is 1. The average molecular weight is 436 g/mol. The lowest BCUT2D eigenvalue weighted by atomic mass is 10.1. The molecule has 1 fully saturated rings. The molecule has 0 saturated carbocycles. The van der Waals surface area contributed by atoms with Gasteiger partial charge in [0.05, 0.1) is 18.1 Å². The zero-order valence-corrected chi connectivity index (χ0v) is 18.1. The van der Waals surface area contributed by atoms with Gasteiger partial charge in [0.1, 0.15) is 5.75 Å². The van der Waals surface area contributed by atoms with E-state index in [1.54, 1.807) is 35.2 Å². The van der Waals surface area contributed by atoms with Crippen molar-refractivity contribution in [3.63, 3.8) is 0 Å². The van der Waals surface area contributed by atoms with Crippen molar-refractivity contribution in [2.24, 2.45) is 0 Å². The maximum atomic E-state index is 13.4. The van der Waals surface area contributed by atoms with Crippen LogP contribution in [0.15, 0.2) is 48.5 Å². The molecular formula is C22H26ClNO4S. The summed E-state index contributed by atoms with van der Waals surface area (Å²) in [6.45, 7) is 2.99. The zero-order valence-electron chi connectivity index (χ0n) is 16.5. The number of benzene rings is 2. The van der Waals surface area contributed by atoms with E-state index in [0.29, 0.717) is 35.9 Å². The van der Waals surface area contributed by atoms with Gasteiger partial charge in [0, 0.05) is 23.2 Å². The molecule has 0 aliphatic carbocycles. The first kappa shape index (κ1) is 21.7. The number of hydrogen-bond donors (Lipinski definition) is 0. The van der Waals surface area contributed by atoms with Gasteiger partial charge in [-0.25, -0.2) is 8.42 Å². The van der Waals surface area contributed by atoms with Crippen molar-refractivity contribution in [3.8, 4) is 5.75 Å². The minimum Gasteiger partial charge on any atom is -0.494 e. The minimum absolute atomic E-state index is 0.00794. The lowest BCUT2D eigenvalue weighted by molar-refractivity contribution is 0.0680. The van der Waals surface area contributed by atoms with E-state index < -0.39 is 9.84 Å². The Bertz CT molecular complexity index is 961. The van der Waals surface area contributed by atoms with Crippen LogP contribution >= 0.6 is 11.6 Å². The van der Waals surface area contributed by atoms with Gasteiger partial charge >= 0.3 is 0 Å². The average Bonchev–Trinajstić information content (AvgIpc) is 3.05. The predicted molar refractivity (Wildman–Crippen MR) is 115 cm³/mol. The molecule has 1 aliphatic rings. The third-order valence-electron chi connectivity index (χ3n) is 5.00. The Hall–Kier alpha value is -2.05. The second-order valence-corrected chi connectivity index (χ2v) is 10.0. The number of amides is 1. The second kappa shape index (κ2) is 9.63. The van der Waals surface area contributed by atoms with Crippen molar-refractivity contribution in [2.45, 2.75) is 38.8 Å². The summed E-state index contributed by atoms with van der Waals surface area (Å²) in [6.07, 6.45) is 2.42. The van der Waals surface area contributed by atoms with Crippen LogP contribution in [0.25, 0.3) is 0 Å². The van der Waals surface area contributed by atoms with E-state index in [1.165, 1.54) is 0 Å². The summed E-state index contributed by atoms with van der Waals surface area (Å²) in [4.78, 5) is 15.0. The minimum atomic E-state index is -3.12. The fraction of sp³-hybridized carbons (Fsp3) is 0.409. The highest BCUT2D eigenvalue weighted by Crippen LogP contribution is 2.24. The molecule has 7 heteroatoms. The van der Waals surface area contributed by atoms with E-state index in [4.69, 9.17) is 16.3 Å². The van der Waals surface area contributed by atoms with Gasteiger partial charge in [0.2, 0.25) is 0 Å². The van der Waals surface area contributed by atoms with Crippen molar-refractivity contribution < 1.29 is 17.9 Å². The van der Waals surface area contributed by atoms with Gasteiger partial charge in [0.25, 0.3) is 5.91 Å². The van der Waals surface area contributed by atoms with Crippen molar-refractivity contribution in [3.05, 3.63) is 64.7 Å². The van der Waals surface area contributed by atoms with Crippen LogP contribution in [0.3, 0.4) is 0 Å². The Morgan fingerprint density at radius 2 is 2.00 bits per heavy atom. The maximum absolute atomic E-state index is 13.4. The Morgan fingerprint density at radius 3 is 2.69 bits per heavy atom. The van der Waals surface area contributed by atoms with E-state index in [2.05, 4.69) is 6.92 Å². The monoisotopic (exact) mass is 435 g/mol. The van der Waals surface area contributed by atoms with E-state index in [9.17, 15) is 13.2 Å². The zero-order chi connectivity index (χ0) is 20.9. The summed E-state index contributed by atoms with van der Waals surface area (Å²) in [7, 11) is -3.12. The quantitative estimate of drug-likeness (QED) is 0.578. The third-order valence-corrected chi connectivity index (χ3v) is 6.99. The standard InChI is InChI=1S/C22H26ClNO4S/c1-2-3-11-28-21-9-5-7-18(14-21)22(25)24(20-10-12-29(26,27)16-20)15-17-6-4-8-19(23)13-17/h4-9,13-14,20H,2-3,10-12,15-16H2,1H3. The number of ether oxygens (including phenoxy) is 1. The number of carbonyl (C=O) groups excluding carboxylic acids is 1. The lowest BCUT2D eigenvalue weighted by Crippen LogP contribution is -2.40. The molecule has 2 aromatic carbocycles. The Kier molecular flexibility index (Phi) is 7.19. The second-order valence-electron chi connectivity index (χ2n) is 7.35. The number of nitrogens with zero attached hydrogens (tertiary/aromatic N) is 1. The molecule has 0 bridgehead atoms. The Morgan fingerprint density at radius 1 is 1.21 bits per heavy atom. The van der Waals surface area contributed by atoms with Gasteiger partial charge in [-0.15, -0.1) is 0 Å². The molecule has 5 nitrogen and oxygen atoms in total. The normalized spacial score (nSPS) is 17.8. The summed E-state index contributed by atoms with van der Waals surface area (Å²) in [6, 6.07) is 14.0. The highest BCUT2D eigenvalue weighted by molar-refractivity contribution is 7.91. The molecule has 0 radical (unpaired) electrons. The highest BCUT2D eigenvalue weighted by atomic mass is 35.5. The largest absolute Gasteiger partial charge is 0.494 e. The number of carbonyl (C=O) groups is 1. The fourth-order valence-corrected chi connectivity index (χ4v) is 5.38. The summed E-state index contributed by atoms with van der Waals surface area (Å²) < 4.78 is 29.8. The number of sulfone groups is 1. The van der Waals surface area contributed by atoms with E-state index in [1.807, 2.05) is 18.2 Å². The van der Waals surface area contributed by atoms with E-state index >= 15 is 0 Å². The van der Waals surface area contributed by atoms with Gasteiger partial charge in [-0.3, -0.25) is 4.79 Å². The molecule has 1 atom stereocenters. The number of unbranched alkanes of at least 4 members (excludes halogenated alkanes) is 1. The summed E-state index contributed by atoms with van der Waals surface area (Å²) in [5, 5.41) is 0.584. The van der Waals surface area contributed by atoms with Gasteiger partial charge in [-0.2, -0.15) is 0 Å². The first-order valence-corrected chi connectivity index (χ1v) is 12.1. The summed E-state index contributed by atoms with van der Waals surface area (Å²) >= 11 is 6.10. The third kappa shape index (κ3) is 5.97. The van der Waals surface area contributed by atoms with Crippen molar-refractivity contribution in [1.29, 1.82) is 0 Å². The molecule has 1 unspecified atom stereocenters. The molecule has 3 rings (SSSR count). The highest BCUT2D eigenvalue weighted by Gasteiger charge is 2.35. The van der Waals surface area contributed by atoms with Crippen LogP contribution in [-0.2, 0) is 16.4 Å².